The molecule has 5 heteroatoms. The lowest BCUT2D eigenvalue weighted by Crippen LogP contribution is -2.36. The Bertz CT molecular complexity index is 850. The van der Waals surface area contributed by atoms with E-state index < -0.39 is 0 Å². The van der Waals surface area contributed by atoms with Crippen molar-refractivity contribution >= 4 is 17.5 Å². The fourth-order valence-electron chi connectivity index (χ4n) is 3.66. The van der Waals surface area contributed by atoms with Crippen molar-refractivity contribution in [3.05, 3.63) is 65.7 Å². The zero-order chi connectivity index (χ0) is 19.8. The van der Waals surface area contributed by atoms with E-state index >= 15 is 0 Å². The van der Waals surface area contributed by atoms with Crippen molar-refractivity contribution in [3.8, 4) is 6.07 Å². The summed E-state index contributed by atoms with van der Waals surface area (Å²) < 4.78 is 0. The Labute approximate surface area is 165 Å². The SMILES string of the molecule is N#Cc1ccccc1NC(=O)C1CCC(C(=O)NCCc2ccccc2)CC1. The van der Waals surface area contributed by atoms with Crippen molar-refractivity contribution in [2.24, 2.45) is 11.8 Å². The van der Waals surface area contributed by atoms with Gasteiger partial charge >= 0.3 is 0 Å². The van der Waals surface area contributed by atoms with E-state index in [0.717, 1.165) is 19.3 Å². The van der Waals surface area contributed by atoms with E-state index in [1.54, 1.807) is 24.3 Å². The summed E-state index contributed by atoms with van der Waals surface area (Å²) in [5.74, 6) is -0.110. The number of nitrogens with zero attached hydrogens (tertiary/aromatic N) is 1. The van der Waals surface area contributed by atoms with Crippen LogP contribution in [0.1, 0.15) is 36.8 Å². The Hall–Kier alpha value is -3.13. The molecule has 144 valence electrons. The van der Waals surface area contributed by atoms with Gasteiger partial charge in [-0.1, -0.05) is 42.5 Å². The van der Waals surface area contributed by atoms with Gasteiger partial charge in [-0.15, -0.1) is 0 Å². The zero-order valence-electron chi connectivity index (χ0n) is 15.9. The molecule has 0 atom stereocenters. The van der Waals surface area contributed by atoms with Crippen LogP contribution in [0.2, 0.25) is 0 Å². The van der Waals surface area contributed by atoms with Gasteiger partial charge < -0.3 is 10.6 Å². The standard InChI is InChI=1S/C23H25N3O2/c24-16-20-8-4-5-9-21(20)26-23(28)19-12-10-18(11-13-19)22(27)25-15-14-17-6-2-1-3-7-17/h1-9,18-19H,10-15H2,(H,25,27)(H,26,28). The molecule has 0 heterocycles. The first-order valence-electron chi connectivity index (χ1n) is 9.79. The maximum absolute atomic E-state index is 12.5. The normalized spacial score (nSPS) is 18.7. The molecule has 0 spiro atoms. The van der Waals surface area contributed by atoms with Gasteiger partial charge in [0.1, 0.15) is 6.07 Å². The molecule has 0 aromatic heterocycles. The Kier molecular flexibility index (Phi) is 6.80. The molecule has 1 aliphatic carbocycles. The average Bonchev–Trinajstić information content (AvgIpc) is 2.75. The number of amides is 2. The van der Waals surface area contributed by atoms with Gasteiger partial charge in [0.2, 0.25) is 11.8 Å². The smallest absolute Gasteiger partial charge is 0.227 e. The molecule has 5 nitrogen and oxygen atoms in total. The first kappa shape index (κ1) is 19.6. The van der Waals surface area contributed by atoms with E-state index in [-0.39, 0.29) is 23.7 Å². The Balaban J connectivity index is 1.43. The summed E-state index contributed by atoms with van der Waals surface area (Å²) in [5, 5.41) is 15.0. The number of rotatable bonds is 6. The first-order valence-corrected chi connectivity index (χ1v) is 9.79. The van der Waals surface area contributed by atoms with Crippen LogP contribution in [0.15, 0.2) is 54.6 Å². The van der Waals surface area contributed by atoms with Crippen LogP contribution in [-0.2, 0) is 16.0 Å². The maximum atomic E-state index is 12.5. The van der Waals surface area contributed by atoms with Crippen LogP contribution in [-0.4, -0.2) is 18.4 Å². The first-order chi connectivity index (χ1) is 13.7. The number of nitrogens with one attached hydrogen (secondary N) is 2. The van der Waals surface area contributed by atoms with Crippen molar-refractivity contribution in [2.45, 2.75) is 32.1 Å². The third-order valence-electron chi connectivity index (χ3n) is 5.33. The number of benzene rings is 2. The molecule has 0 unspecified atom stereocenters. The van der Waals surface area contributed by atoms with Crippen molar-refractivity contribution in [2.75, 3.05) is 11.9 Å². The summed E-state index contributed by atoms with van der Waals surface area (Å²) in [4.78, 5) is 24.9. The number of para-hydroxylation sites is 1. The lowest BCUT2D eigenvalue weighted by Gasteiger charge is -2.27. The van der Waals surface area contributed by atoms with Crippen LogP contribution in [0.25, 0.3) is 0 Å². The van der Waals surface area contributed by atoms with Crippen molar-refractivity contribution in [1.29, 1.82) is 5.26 Å². The fourth-order valence-corrected chi connectivity index (χ4v) is 3.66. The minimum Gasteiger partial charge on any atom is -0.356 e. The summed E-state index contributed by atoms with van der Waals surface area (Å²) in [6, 6.07) is 19.2. The second-order valence-corrected chi connectivity index (χ2v) is 7.22. The molecule has 1 aliphatic rings. The van der Waals surface area contributed by atoms with Gasteiger partial charge in [-0.2, -0.15) is 5.26 Å². The Morgan fingerprint density at radius 2 is 1.50 bits per heavy atom. The van der Waals surface area contributed by atoms with Crippen LogP contribution < -0.4 is 10.6 Å². The number of nitriles is 1. The van der Waals surface area contributed by atoms with Gasteiger partial charge in [-0.05, 0) is 49.8 Å². The minimum atomic E-state index is -0.111. The topological polar surface area (TPSA) is 82.0 Å². The summed E-state index contributed by atoms with van der Waals surface area (Å²) in [5.41, 5.74) is 2.22. The maximum Gasteiger partial charge on any atom is 0.227 e. The predicted octanol–water partition coefficient (Wildman–Crippen LogP) is 3.66. The molecule has 2 amide bonds. The van der Waals surface area contributed by atoms with Gasteiger partial charge in [-0.3, -0.25) is 9.59 Å². The van der Waals surface area contributed by atoms with Crippen molar-refractivity contribution in [1.82, 2.24) is 5.32 Å². The number of hydrogen-bond acceptors (Lipinski definition) is 3. The minimum absolute atomic E-state index is 0.0220. The number of hydrogen-bond donors (Lipinski definition) is 2. The molecule has 28 heavy (non-hydrogen) atoms. The third kappa shape index (κ3) is 5.20. The van der Waals surface area contributed by atoms with Gasteiger partial charge in [0.25, 0.3) is 0 Å². The number of carbonyl (C=O) groups is 2. The lowest BCUT2D eigenvalue weighted by molar-refractivity contribution is -0.128. The molecule has 2 N–H and O–H groups in total. The summed E-state index contributed by atoms with van der Waals surface area (Å²) >= 11 is 0. The highest BCUT2D eigenvalue weighted by molar-refractivity contribution is 5.94. The third-order valence-corrected chi connectivity index (χ3v) is 5.33. The van der Waals surface area contributed by atoms with Crippen molar-refractivity contribution < 1.29 is 9.59 Å². The summed E-state index contributed by atoms with van der Waals surface area (Å²) in [6.07, 6.45) is 3.64. The van der Waals surface area contributed by atoms with Crippen LogP contribution in [0, 0.1) is 23.2 Å². The number of anilines is 1. The number of carbonyl (C=O) groups excluding carboxylic acids is 2. The van der Waals surface area contributed by atoms with Gasteiger partial charge in [-0.25, -0.2) is 0 Å². The molecular weight excluding hydrogens is 350 g/mol. The monoisotopic (exact) mass is 375 g/mol. The van der Waals surface area contributed by atoms with E-state index in [1.807, 2.05) is 18.2 Å². The molecule has 1 saturated carbocycles. The van der Waals surface area contributed by atoms with E-state index in [0.29, 0.717) is 30.6 Å². The highest BCUT2D eigenvalue weighted by Crippen LogP contribution is 2.30. The average molecular weight is 375 g/mol. The van der Waals surface area contributed by atoms with Gasteiger partial charge in [0.05, 0.1) is 11.3 Å². The molecule has 2 aromatic carbocycles. The van der Waals surface area contributed by atoms with Crippen LogP contribution >= 0.6 is 0 Å². The second kappa shape index (κ2) is 9.70. The quantitative estimate of drug-likeness (QED) is 0.808. The Morgan fingerprint density at radius 1 is 0.893 bits per heavy atom. The largest absolute Gasteiger partial charge is 0.356 e. The van der Waals surface area contributed by atoms with E-state index in [9.17, 15) is 9.59 Å². The highest BCUT2D eigenvalue weighted by Gasteiger charge is 2.30. The predicted molar refractivity (Wildman–Crippen MR) is 108 cm³/mol. The van der Waals surface area contributed by atoms with E-state index in [1.165, 1.54) is 5.56 Å². The highest BCUT2D eigenvalue weighted by atomic mass is 16.2. The van der Waals surface area contributed by atoms with Gasteiger partial charge in [0, 0.05) is 18.4 Å². The van der Waals surface area contributed by atoms with E-state index in [4.69, 9.17) is 5.26 Å². The zero-order valence-corrected chi connectivity index (χ0v) is 15.9. The molecule has 0 saturated heterocycles. The summed E-state index contributed by atoms with van der Waals surface area (Å²) in [7, 11) is 0. The van der Waals surface area contributed by atoms with Crippen LogP contribution in [0.4, 0.5) is 5.69 Å². The van der Waals surface area contributed by atoms with Crippen molar-refractivity contribution in [3.63, 3.8) is 0 Å². The van der Waals surface area contributed by atoms with E-state index in [2.05, 4.69) is 28.8 Å². The molecule has 1 fully saturated rings. The van der Waals surface area contributed by atoms with Gasteiger partial charge in [0.15, 0.2) is 0 Å². The molecule has 3 rings (SSSR count). The van der Waals surface area contributed by atoms with Crippen LogP contribution in [0.3, 0.4) is 0 Å². The molecule has 0 aliphatic heterocycles. The molecule has 2 aromatic rings. The molecule has 0 radical (unpaired) electrons. The molecule has 0 bridgehead atoms. The fraction of sp³-hybridized carbons (Fsp3) is 0.348. The summed E-state index contributed by atoms with van der Waals surface area (Å²) in [6.45, 7) is 0.633. The van der Waals surface area contributed by atoms with Crippen LogP contribution in [0.5, 0.6) is 0 Å². The lowest BCUT2D eigenvalue weighted by atomic mass is 9.81. The molecular formula is C23H25N3O2. The second-order valence-electron chi connectivity index (χ2n) is 7.22. The Morgan fingerprint density at radius 3 is 2.18 bits per heavy atom.